The summed E-state index contributed by atoms with van der Waals surface area (Å²) in [6.07, 6.45) is 0. The van der Waals surface area contributed by atoms with Gasteiger partial charge in [-0.1, -0.05) is 185 Å². The first-order chi connectivity index (χ1) is 34.6. The summed E-state index contributed by atoms with van der Waals surface area (Å²) in [4.78, 5) is 2.48. The number of hydrogen-bond donors (Lipinski definition) is 0. The molecule has 10 aromatic carbocycles. The SMILES string of the molecule is CC1(C)c2cc(-c3ccccc3)ccc2-c2ccc(N(c3ccc(-c4ccc5c(c4)N(c4ccccc4)P(=O)(c4ccccc4)N5c4ccccc4)cc3)c3cccc4c3-c3ccccc3C4(C)C)cc21. The zero-order valence-corrected chi connectivity index (χ0v) is 41.2. The van der Waals surface area contributed by atoms with Gasteiger partial charge in [0.1, 0.15) is 0 Å². The summed E-state index contributed by atoms with van der Waals surface area (Å²) in [6.45, 7) is 9.46. The topological polar surface area (TPSA) is 26.8 Å². The number of nitrogens with zero attached hydrogens (tertiary/aromatic N) is 3. The molecule has 0 saturated carbocycles. The first-order valence-electron chi connectivity index (χ1n) is 24.6. The highest BCUT2D eigenvalue weighted by Gasteiger charge is 2.49. The van der Waals surface area contributed by atoms with E-state index in [1.54, 1.807) is 0 Å². The van der Waals surface area contributed by atoms with Crippen LogP contribution in [-0.2, 0) is 15.4 Å². The standard InChI is InChI=1S/C66H52N3OP/c1-65(2)57-29-18-17-28-56(57)64-58(65)30-19-31-62(64)67(52-38-40-55-54-39-34-47(45-20-9-5-10-21-45)42-59(54)66(3,4)60(55)44-52)49-36-32-46(33-37-49)48-35-41-61-63(43-48)69(51-24-13-7-14-25-51)71(70,53-26-15-8-16-27-53)68(61)50-22-11-6-12-23-50/h5-44H,1-4H3. The molecule has 3 aliphatic rings. The van der Waals surface area contributed by atoms with Gasteiger partial charge >= 0.3 is 7.44 Å². The molecule has 1 aliphatic heterocycles. The molecule has 342 valence electrons. The summed E-state index contributed by atoms with van der Waals surface area (Å²) >= 11 is 0. The average molecular weight is 934 g/mol. The molecule has 1 atom stereocenters. The van der Waals surface area contributed by atoms with E-state index in [0.717, 1.165) is 56.2 Å². The summed E-state index contributed by atoms with van der Waals surface area (Å²) in [5, 5.41) is 0.768. The predicted octanol–water partition coefficient (Wildman–Crippen LogP) is 17.9. The molecule has 0 bridgehead atoms. The van der Waals surface area contributed by atoms with Crippen LogP contribution >= 0.6 is 7.44 Å². The minimum Gasteiger partial charge on any atom is -0.310 e. The molecule has 4 nitrogen and oxygen atoms in total. The number of para-hydroxylation sites is 2. The molecule has 1 heterocycles. The second kappa shape index (κ2) is 16.2. The molecule has 0 amide bonds. The summed E-state index contributed by atoms with van der Waals surface area (Å²) in [7, 11) is -3.50. The third-order valence-electron chi connectivity index (χ3n) is 15.4. The monoisotopic (exact) mass is 933 g/mol. The van der Waals surface area contributed by atoms with E-state index in [2.05, 4.69) is 218 Å². The number of hydrogen-bond acceptors (Lipinski definition) is 2. The quantitative estimate of drug-likeness (QED) is 0.142. The van der Waals surface area contributed by atoms with Crippen molar-refractivity contribution in [3.63, 3.8) is 0 Å². The highest BCUT2D eigenvalue weighted by Crippen LogP contribution is 2.70. The van der Waals surface area contributed by atoms with Crippen LogP contribution < -0.4 is 19.5 Å². The summed E-state index contributed by atoms with van der Waals surface area (Å²) in [6, 6.07) is 86.4. The van der Waals surface area contributed by atoms with Crippen molar-refractivity contribution < 1.29 is 4.57 Å². The van der Waals surface area contributed by atoms with Crippen LogP contribution in [0.2, 0.25) is 0 Å². The molecule has 71 heavy (non-hydrogen) atoms. The molecular formula is C66H52N3OP. The summed E-state index contributed by atoms with van der Waals surface area (Å²) in [5.41, 5.74) is 21.6. The van der Waals surface area contributed by atoms with Crippen LogP contribution in [0.4, 0.5) is 39.8 Å². The lowest BCUT2D eigenvalue weighted by Crippen LogP contribution is -2.26. The Balaban J connectivity index is 0.953. The van der Waals surface area contributed by atoms with Crippen LogP contribution in [0.5, 0.6) is 0 Å². The summed E-state index contributed by atoms with van der Waals surface area (Å²) in [5.74, 6) is 0. The van der Waals surface area contributed by atoms with E-state index in [9.17, 15) is 0 Å². The maximum Gasteiger partial charge on any atom is 0.301 e. The number of fused-ring (bicyclic) bond motifs is 7. The van der Waals surface area contributed by atoms with Gasteiger partial charge in [-0.15, -0.1) is 0 Å². The molecule has 0 fully saturated rings. The van der Waals surface area contributed by atoms with E-state index >= 15 is 4.57 Å². The molecule has 2 aliphatic carbocycles. The van der Waals surface area contributed by atoms with Crippen LogP contribution in [0, 0.1) is 0 Å². The minimum absolute atomic E-state index is 0.155. The van der Waals surface area contributed by atoms with Crippen molar-refractivity contribution in [2.45, 2.75) is 38.5 Å². The molecule has 0 saturated heterocycles. The molecule has 0 spiro atoms. The van der Waals surface area contributed by atoms with Gasteiger partial charge in [-0.25, -0.2) is 0 Å². The van der Waals surface area contributed by atoms with Gasteiger partial charge in [-0.2, -0.15) is 0 Å². The van der Waals surface area contributed by atoms with Gasteiger partial charge in [0.15, 0.2) is 0 Å². The number of rotatable bonds is 8. The van der Waals surface area contributed by atoms with Gasteiger partial charge in [0.2, 0.25) is 0 Å². The fraction of sp³-hybridized carbons (Fsp3) is 0.0909. The normalized spacial score (nSPS) is 16.5. The van der Waals surface area contributed by atoms with Gasteiger partial charge in [-0.05, 0) is 146 Å². The first kappa shape index (κ1) is 42.9. The van der Waals surface area contributed by atoms with Crippen LogP contribution in [0.25, 0.3) is 44.5 Å². The Kier molecular flexibility index (Phi) is 9.79. The fourth-order valence-corrected chi connectivity index (χ4v) is 14.8. The van der Waals surface area contributed by atoms with Crippen LogP contribution in [0.1, 0.15) is 49.9 Å². The minimum atomic E-state index is -3.50. The van der Waals surface area contributed by atoms with Crippen molar-refractivity contribution in [2.75, 3.05) is 14.2 Å². The van der Waals surface area contributed by atoms with Gasteiger partial charge in [0, 0.05) is 39.1 Å². The number of benzene rings is 10. The molecule has 5 heteroatoms. The largest absolute Gasteiger partial charge is 0.310 e. The zero-order valence-electron chi connectivity index (χ0n) is 40.3. The van der Waals surface area contributed by atoms with E-state index in [4.69, 9.17) is 0 Å². The maximum absolute atomic E-state index is 16.3. The third-order valence-corrected chi connectivity index (χ3v) is 18.3. The van der Waals surface area contributed by atoms with E-state index in [1.807, 2.05) is 66.7 Å². The second-order valence-electron chi connectivity index (χ2n) is 20.1. The third kappa shape index (κ3) is 6.55. The van der Waals surface area contributed by atoms with Gasteiger partial charge in [0.05, 0.1) is 22.4 Å². The lowest BCUT2D eigenvalue weighted by molar-refractivity contribution is 0.582. The average Bonchev–Trinajstić information content (AvgIpc) is 3.93. The Morgan fingerprint density at radius 2 is 0.859 bits per heavy atom. The maximum atomic E-state index is 16.3. The lowest BCUT2D eigenvalue weighted by atomic mass is 9.81. The van der Waals surface area contributed by atoms with E-state index in [-0.39, 0.29) is 10.8 Å². The Morgan fingerprint density at radius 3 is 1.55 bits per heavy atom. The molecule has 1 unspecified atom stereocenters. The fourth-order valence-electron chi connectivity index (χ4n) is 11.8. The van der Waals surface area contributed by atoms with Crippen molar-refractivity contribution >= 4 is 52.6 Å². The van der Waals surface area contributed by atoms with Crippen molar-refractivity contribution in [1.82, 2.24) is 0 Å². The van der Waals surface area contributed by atoms with Crippen molar-refractivity contribution in [2.24, 2.45) is 0 Å². The van der Waals surface area contributed by atoms with Crippen LogP contribution in [-0.4, -0.2) is 0 Å². The van der Waals surface area contributed by atoms with E-state index in [0.29, 0.717) is 0 Å². The molecule has 0 aromatic heterocycles. The van der Waals surface area contributed by atoms with Crippen LogP contribution in [0.15, 0.2) is 243 Å². The number of anilines is 7. The van der Waals surface area contributed by atoms with Crippen molar-refractivity contribution in [3.05, 3.63) is 265 Å². The Bertz CT molecular complexity index is 3740. The predicted molar refractivity (Wildman–Crippen MR) is 298 cm³/mol. The summed E-state index contributed by atoms with van der Waals surface area (Å²) < 4.78 is 20.4. The smallest absolute Gasteiger partial charge is 0.301 e. The molecule has 0 radical (unpaired) electrons. The Morgan fingerprint density at radius 1 is 0.366 bits per heavy atom. The molecular weight excluding hydrogens is 882 g/mol. The van der Waals surface area contributed by atoms with Gasteiger partial charge < -0.3 is 4.90 Å². The Hall–Kier alpha value is -8.17. The molecule has 10 aromatic rings. The van der Waals surface area contributed by atoms with Crippen molar-refractivity contribution in [1.29, 1.82) is 0 Å². The highest BCUT2D eigenvalue weighted by molar-refractivity contribution is 7.76. The van der Waals surface area contributed by atoms with Gasteiger partial charge in [-0.3, -0.25) is 13.9 Å². The van der Waals surface area contributed by atoms with E-state index < -0.39 is 7.44 Å². The van der Waals surface area contributed by atoms with E-state index in [1.165, 1.54) is 55.6 Å². The van der Waals surface area contributed by atoms with Gasteiger partial charge in [0.25, 0.3) is 0 Å². The van der Waals surface area contributed by atoms with Crippen molar-refractivity contribution in [3.8, 4) is 44.5 Å². The highest BCUT2D eigenvalue weighted by atomic mass is 31.2. The first-order valence-corrected chi connectivity index (χ1v) is 26.2. The second-order valence-corrected chi connectivity index (χ2v) is 22.5. The zero-order chi connectivity index (χ0) is 48.1. The van der Waals surface area contributed by atoms with Crippen LogP contribution in [0.3, 0.4) is 0 Å². The lowest BCUT2D eigenvalue weighted by Gasteiger charge is -2.33. The molecule has 0 N–H and O–H groups in total. The Labute approximate surface area is 417 Å². The molecule has 13 rings (SSSR count).